The van der Waals surface area contributed by atoms with Gasteiger partial charge in [-0.15, -0.1) is 0 Å². The number of hydrogen-bond acceptors (Lipinski definition) is 3. The molecule has 2 rings (SSSR count). The first-order chi connectivity index (χ1) is 12.5. The van der Waals surface area contributed by atoms with E-state index in [-0.39, 0.29) is 18.9 Å². The van der Waals surface area contributed by atoms with Gasteiger partial charge in [-0.2, -0.15) is 0 Å². The number of nitrogens with two attached hydrogens (primary N) is 1. The predicted octanol–water partition coefficient (Wildman–Crippen LogP) is 3.16. The molecule has 2 amide bonds. The molecule has 0 unspecified atom stereocenters. The molecule has 5 heteroatoms. The van der Waals surface area contributed by atoms with Crippen molar-refractivity contribution in [2.24, 2.45) is 5.73 Å². The molecular weight excluding hydrogens is 328 g/mol. The van der Waals surface area contributed by atoms with Crippen molar-refractivity contribution >= 4 is 11.8 Å². The normalized spacial score (nSPS) is 10.2. The first-order valence-electron chi connectivity index (χ1n) is 8.45. The van der Waals surface area contributed by atoms with E-state index in [9.17, 15) is 9.59 Å². The molecule has 0 radical (unpaired) electrons. The molecule has 0 saturated heterocycles. The van der Waals surface area contributed by atoms with Gasteiger partial charge < -0.3 is 15.4 Å². The van der Waals surface area contributed by atoms with Gasteiger partial charge in [-0.25, -0.2) is 0 Å². The molecule has 2 N–H and O–H groups in total. The Morgan fingerprint density at radius 3 is 2.38 bits per heavy atom. The van der Waals surface area contributed by atoms with Crippen molar-refractivity contribution in [3.8, 4) is 5.75 Å². The van der Waals surface area contributed by atoms with Crippen molar-refractivity contribution < 1.29 is 14.3 Å². The summed E-state index contributed by atoms with van der Waals surface area (Å²) in [7, 11) is 0. The van der Waals surface area contributed by atoms with Gasteiger partial charge in [0.15, 0.2) is 0 Å². The van der Waals surface area contributed by atoms with Crippen LogP contribution in [0.5, 0.6) is 5.75 Å². The molecule has 0 aromatic heterocycles. The number of benzene rings is 2. The first kappa shape index (κ1) is 19.2. The Bertz CT molecular complexity index is 772. The SMILES string of the molecule is C=C(C)COc1ccccc1C(=O)N(CCC(N)=O)Cc1ccccc1. The van der Waals surface area contributed by atoms with E-state index in [0.717, 1.165) is 11.1 Å². The molecule has 0 aliphatic carbocycles. The van der Waals surface area contributed by atoms with E-state index < -0.39 is 5.91 Å². The maximum Gasteiger partial charge on any atom is 0.257 e. The van der Waals surface area contributed by atoms with E-state index in [2.05, 4.69) is 6.58 Å². The van der Waals surface area contributed by atoms with Crippen molar-refractivity contribution in [1.29, 1.82) is 0 Å². The minimum absolute atomic E-state index is 0.105. The van der Waals surface area contributed by atoms with Gasteiger partial charge >= 0.3 is 0 Å². The Balaban J connectivity index is 2.24. The summed E-state index contributed by atoms with van der Waals surface area (Å²) in [5.41, 5.74) is 7.57. The third-order valence-electron chi connectivity index (χ3n) is 3.72. The van der Waals surface area contributed by atoms with Crippen LogP contribution in [0.25, 0.3) is 0 Å². The average Bonchev–Trinajstić information content (AvgIpc) is 2.63. The highest BCUT2D eigenvalue weighted by Crippen LogP contribution is 2.21. The summed E-state index contributed by atoms with van der Waals surface area (Å²) in [6, 6.07) is 16.7. The fraction of sp³-hybridized carbons (Fsp3) is 0.238. The maximum atomic E-state index is 13.1. The number of amides is 2. The fourth-order valence-electron chi connectivity index (χ4n) is 2.44. The summed E-state index contributed by atoms with van der Waals surface area (Å²) in [6.45, 7) is 6.65. The van der Waals surface area contributed by atoms with Crippen LogP contribution in [-0.4, -0.2) is 29.9 Å². The summed E-state index contributed by atoms with van der Waals surface area (Å²) in [6.07, 6.45) is 0.105. The van der Waals surface area contributed by atoms with Gasteiger partial charge in [-0.05, 0) is 30.2 Å². The third kappa shape index (κ3) is 5.77. The lowest BCUT2D eigenvalue weighted by Crippen LogP contribution is -2.34. The average molecular weight is 352 g/mol. The Morgan fingerprint density at radius 1 is 1.08 bits per heavy atom. The molecule has 0 aliphatic rings. The Morgan fingerprint density at radius 2 is 1.73 bits per heavy atom. The monoisotopic (exact) mass is 352 g/mol. The van der Waals surface area contributed by atoms with Crippen molar-refractivity contribution in [3.05, 3.63) is 77.9 Å². The smallest absolute Gasteiger partial charge is 0.257 e. The zero-order valence-electron chi connectivity index (χ0n) is 15.0. The molecule has 26 heavy (non-hydrogen) atoms. The van der Waals surface area contributed by atoms with Crippen LogP contribution in [0, 0.1) is 0 Å². The van der Waals surface area contributed by atoms with Crippen LogP contribution in [0.2, 0.25) is 0 Å². The summed E-state index contributed by atoms with van der Waals surface area (Å²) in [5.74, 6) is -0.146. The van der Waals surface area contributed by atoms with Gasteiger partial charge in [-0.3, -0.25) is 9.59 Å². The van der Waals surface area contributed by atoms with Crippen molar-refractivity contribution in [3.63, 3.8) is 0 Å². The number of hydrogen-bond donors (Lipinski definition) is 1. The van der Waals surface area contributed by atoms with Gasteiger partial charge in [0, 0.05) is 19.5 Å². The van der Waals surface area contributed by atoms with Crippen LogP contribution in [0.3, 0.4) is 0 Å². The third-order valence-corrected chi connectivity index (χ3v) is 3.72. The lowest BCUT2D eigenvalue weighted by molar-refractivity contribution is -0.118. The highest BCUT2D eigenvalue weighted by atomic mass is 16.5. The van der Waals surface area contributed by atoms with Crippen molar-refractivity contribution in [2.45, 2.75) is 19.9 Å². The molecule has 0 saturated carbocycles. The number of para-hydroxylation sites is 1. The van der Waals surface area contributed by atoms with Gasteiger partial charge in [0.25, 0.3) is 5.91 Å². The standard InChI is InChI=1S/C21H24N2O3/c1-16(2)15-26-19-11-7-6-10-18(19)21(25)23(13-12-20(22)24)14-17-8-4-3-5-9-17/h3-11H,1,12-15H2,2H3,(H2,22,24). The molecule has 2 aromatic rings. The quantitative estimate of drug-likeness (QED) is 0.705. The van der Waals surface area contributed by atoms with E-state index in [1.165, 1.54) is 0 Å². The van der Waals surface area contributed by atoms with Crippen LogP contribution < -0.4 is 10.5 Å². The van der Waals surface area contributed by atoms with Gasteiger partial charge in [-0.1, -0.05) is 49.0 Å². The fourth-order valence-corrected chi connectivity index (χ4v) is 2.44. The Hall–Kier alpha value is -3.08. The lowest BCUT2D eigenvalue weighted by atomic mass is 10.1. The molecule has 0 spiro atoms. The Labute approximate surface area is 154 Å². The topological polar surface area (TPSA) is 72.6 Å². The molecule has 0 heterocycles. The summed E-state index contributed by atoms with van der Waals surface area (Å²) in [4.78, 5) is 25.9. The van der Waals surface area contributed by atoms with E-state index in [1.54, 1.807) is 23.1 Å². The summed E-state index contributed by atoms with van der Waals surface area (Å²) in [5, 5.41) is 0. The zero-order chi connectivity index (χ0) is 18.9. The van der Waals surface area contributed by atoms with Crippen LogP contribution in [0.15, 0.2) is 66.7 Å². The first-order valence-corrected chi connectivity index (χ1v) is 8.45. The number of nitrogens with zero attached hydrogens (tertiary/aromatic N) is 1. The highest BCUT2D eigenvalue weighted by Gasteiger charge is 2.20. The number of carbonyl (C=O) groups excluding carboxylic acids is 2. The molecule has 5 nitrogen and oxygen atoms in total. The molecule has 2 aromatic carbocycles. The van der Waals surface area contributed by atoms with Gasteiger partial charge in [0.2, 0.25) is 5.91 Å². The van der Waals surface area contributed by atoms with E-state index in [0.29, 0.717) is 24.5 Å². The summed E-state index contributed by atoms with van der Waals surface area (Å²) >= 11 is 0. The Kier molecular flexibility index (Phi) is 6.97. The van der Waals surface area contributed by atoms with Gasteiger partial charge in [0.1, 0.15) is 12.4 Å². The second-order valence-corrected chi connectivity index (χ2v) is 6.17. The van der Waals surface area contributed by atoms with Crippen LogP contribution >= 0.6 is 0 Å². The molecule has 0 bridgehead atoms. The maximum absolute atomic E-state index is 13.1. The highest BCUT2D eigenvalue weighted by molar-refractivity contribution is 5.97. The van der Waals surface area contributed by atoms with Crippen LogP contribution in [-0.2, 0) is 11.3 Å². The zero-order valence-corrected chi connectivity index (χ0v) is 15.0. The second kappa shape index (κ2) is 9.42. The molecule has 136 valence electrons. The van der Waals surface area contributed by atoms with Crippen LogP contribution in [0.4, 0.5) is 0 Å². The van der Waals surface area contributed by atoms with Crippen molar-refractivity contribution in [2.75, 3.05) is 13.2 Å². The molecule has 0 aliphatic heterocycles. The lowest BCUT2D eigenvalue weighted by Gasteiger charge is -2.23. The van der Waals surface area contributed by atoms with E-state index in [1.807, 2.05) is 43.3 Å². The number of ether oxygens (including phenoxy) is 1. The van der Waals surface area contributed by atoms with Crippen molar-refractivity contribution in [1.82, 2.24) is 4.90 Å². The number of primary amides is 1. The molecular formula is C21H24N2O3. The second-order valence-electron chi connectivity index (χ2n) is 6.17. The number of carbonyl (C=O) groups is 2. The van der Waals surface area contributed by atoms with Gasteiger partial charge in [0.05, 0.1) is 5.56 Å². The minimum atomic E-state index is -0.442. The summed E-state index contributed by atoms with van der Waals surface area (Å²) < 4.78 is 5.71. The molecule has 0 fully saturated rings. The predicted molar refractivity (Wildman–Crippen MR) is 102 cm³/mol. The van der Waals surface area contributed by atoms with E-state index in [4.69, 9.17) is 10.5 Å². The largest absolute Gasteiger partial charge is 0.488 e. The molecule has 0 atom stereocenters. The number of rotatable bonds is 9. The minimum Gasteiger partial charge on any atom is -0.488 e. The van der Waals surface area contributed by atoms with Crippen LogP contribution in [0.1, 0.15) is 29.3 Å². The van der Waals surface area contributed by atoms with E-state index >= 15 is 0 Å².